The van der Waals surface area contributed by atoms with Gasteiger partial charge in [0.05, 0.1) is 0 Å². The molecule has 1 heterocycles. The van der Waals surface area contributed by atoms with E-state index in [1.54, 1.807) is 7.05 Å². The zero-order valence-corrected chi connectivity index (χ0v) is 9.05. The van der Waals surface area contributed by atoms with Crippen molar-refractivity contribution >= 4 is 17.3 Å². The van der Waals surface area contributed by atoms with E-state index in [4.69, 9.17) is 5.73 Å². The van der Waals surface area contributed by atoms with E-state index < -0.39 is 0 Å². The molecule has 1 aromatic heterocycles. The van der Waals surface area contributed by atoms with E-state index in [9.17, 15) is 0 Å². The number of rotatable bonds is 2. The number of anilines is 3. The summed E-state index contributed by atoms with van der Waals surface area (Å²) in [6.45, 7) is 6.15. The molecule has 1 aromatic rings. The Balaban J connectivity index is 2.98. The van der Waals surface area contributed by atoms with Crippen molar-refractivity contribution in [1.82, 2.24) is 9.97 Å². The van der Waals surface area contributed by atoms with Crippen LogP contribution in [0.1, 0.15) is 20.8 Å². The lowest BCUT2D eigenvalue weighted by atomic mass is 10.1. The Hall–Kier alpha value is -1.52. The van der Waals surface area contributed by atoms with Crippen molar-refractivity contribution in [2.75, 3.05) is 23.4 Å². The molecule has 0 spiro atoms. The summed E-state index contributed by atoms with van der Waals surface area (Å²) in [5, 5.41) is 6.11. The second kappa shape index (κ2) is 3.69. The lowest BCUT2D eigenvalue weighted by Gasteiger charge is -2.22. The minimum absolute atomic E-state index is 0.0620. The molecule has 0 fully saturated rings. The van der Waals surface area contributed by atoms with Gasteiger partial charge in [-0.1, -0.05) is 0 Å². The SMILES string of the molecule is CNc1ncnc(NC(C)(C)C)c1N. The number of hydrogen-bond donors (Lipinski definition) is 3. The van der Waals surface area contributed by atoms with Crippen LogP contribution in [-0.2, 0) is 0 Å². The molecule has 4 N–H and O–H groups in total. The number of aromatic nitrogens is 2. The highest BCUT2D eigenvalue weighted by Crippen LogP contribution is 2.24. The van der Waals surface area contributed by atoms with Crippen LogP contribution in [0.25, 0.3) is 0 Å². The first-order chi connectivity index (χ1) is 6.44. The molecular formula is C9H17N5. The third-order valence-electron chi connectivity index (χ3n) is 1.61. The Morgan fingerprint density at radius 2 is 1.79 bits per heavy atom. The first-order valence-corrected chi connectivity index (χ1v) is 4.50. The van der Waals surface area contributed by atoms with E-state index in [1.807, 2.05) is 20.8 Å². The Morgan fingerprint density at radius 1 is 1.21 bits per heavy atom. The summed E-state index contributed by atoms with van der Waals surface area (Å²) in [7, 11) is 1.78. The van der Waals surface area contributed by atoms with Crippen molar-refractivity contribution in [3.8, 4) is 0 Å². The molecule has 0 bridgehead atoms. The van der Waals surface area contributed by atoms with E-state index in [2.05, 4.69) is 20.6 Å². The fourth-order valence-corrected chi connectivity index (χ4v) is 1.05. The third kappa shape index (κ3) is 2.48. The summed E-state index contributed by atoms with van der Waals surface area (Å²) in [6, 6.07) is 0. The van der Waals surface area contributed by atoms with Crippen LogP contribution in [0.15, 0.2) is 6.33 Å². The van der Waals surface area contributed by atoms with Crippen LogP contribution in [0.4, 0.5) is 17.3 Å². The highest BCUT2D eigenvalue weighted by molar-refractivity contribution is 5.74. The number of nitrogens with zero attached hydrogens (tertiary/aromatic N) is 2. The molecule has 0 amide bonds. The number of nitrogens with one attached hydrogen (secondary N) is 2. The number of nitrogens with two attached hydrogens (primary N) is 1. The predicted octanol–water partition coefficient (Wildman–Crippen LogP) is 1.31. The van der Waals surface area contributed by atoms with Gasteiger partial charge in [-0.05, 0) is 20.8 Å². The minimum atomic E-state index is -0.0620. The highest BCUT2D eigenvalue weighted by atomic mass is 15.1. The van der Waals surface area contributed by atoms with Crippen molar-refractivity contribution in [2.24, 2.45) is 0 Å². The smallest absolute Gasteiger partial charge is 0.155 e. The molecule has 0 saturated heterocycles. The van der Waals surface area contributed by atoms with Crippen molar-refractivity contribution in [2.45, 2.75) is 26.3 Å². The van der Waals surface area contributed by atoms with Gasteiger partial charge in [-0.3, -0.25) is 0 Å². The van der Waals surface area contributed by atoms with Crippen molar-refractivity contribution in [3.05, 3.63) is 6.33 Å². The molecule has 0 atom stereocenters. The molecule has 0 aliphatic carbocycles. The first-order valence-electron chi connectivity index (χ1n) is 4.50. The molecule has 0 aliphatic heterocycles. The largest absolute Gasteiger partial charge is 0.393 e. The van der Waals surface area contributed by atoms with Gasteiger partial charge in [-0.2, -0.15) is 0 Å². The topological polar surface area (TPSA) is 75.9 Å². The van der Waals surface area contributed by atoms with Gasteiger partial charge < -0.3 is 16.4 Å². The average Bonchev–Trinajstić information content (AvgIpc) is 2.06. The van der Waals surface area contributed by atoms with Gasteiger partial charge in [0.25, 0.3) is 0 Å². The Labute approximate surface area is 84.1 Å². The second-order valence-corrected chi connectivity index (χ2v) is 4.11. The minimum Gasteiger partial charge on any atom is -0.393 e. The number of nitrogen functional groups attached to an aromatic ring is 1. The van der Waals surface area contributed by atoms with Crippen LogP contribution in [0.2, 0.25) is 0 Å². The molecule has 0 unspecified atom stereocenters. The Morgan fingerprint density at radius 3 is 2.29 bits per heavy atom. The molecule has 5 heteroatoms. The molecule has 0 saturated carbocycles. The van der Waals surface area contributed by atoms with Gasteiger partial charge in [-0.15, -0.1) is 0 Å². The second-order valence-electron chi connectivity index (χ2n) is 4.11. The van der Waals surface area contributed by atoms with Crippen LogP contribution in [0, 0.1) is 0 Å². The van der Waals surface area contributed by atoms with Gasteiger partial charge in [0.2, 0.25) is 0 Å². The molecule has 5 nitrogen and oxygen atoms in total. The summed E-state index contributed by atoms with van der Waals surface area (Å²) in [4.78, 5) is 8.09. The fourth-order valence-electron chi connectivity index (χ4n) is 1.05. The van der Waals surface area contributed by atoms with Crippen LogP contribution in [0.3, 0.4) is 0 Å². The van der Waals surface area contributed by atoms with Crippen molar-refractivity contribution in [3.63, 3.8) is 0 Å². The monoisotopic (exact) mass is 195 g/mol. The Bertz CT molecular complexity index is 315. The molecular weight excluding hydrogens is 178 g/mol. The zero-order chi connectivity index (χ0) is 10.8. The van der Waals surface area contributed by atoms with E-state index >= 15 is 0 Å². The standard InChI is InChI=1S/C9H17N5/c1-9(2,3)14-8-6(10)7(11-4)12-5-13-8/h5H,10H2,1-4H3,(H2,11,12,13,14). The molecule has 14 heavy (non-hydrogen) atoms. The maximum Gasteiger partial charge on any atom is 0.155 e. The fraction of sp³-hybridized carbons (Fsp3) is 0.556. The number of hydrogen-bond acceptors (Lipinski definition) is 5. The summed E-state index contributed by atoms with van der Waals surface area (Å²) >= 11 is 0. The highest BCUT2D eigenvalue weighted by Gasteiger charge is 2.14. The normalized spacial score (nSPS) is 11.1. The van der Waals surface area contributed by atoms with Crippen LogP contribution >= 0.6 is 0 Å². The van der Waals surface area contributed by atoms with E-state index in [0.717, 1.165) is 0 Å². The van der Waals surface area contributed by atoms with Gasteiger partial charge >= 0.3 is 0 Å². The van der Waals surface area contributed by atoms with Crippen LogP contribution in [-0.4, -0.2) is 22.6 Å². The van der Waals surface area contributed by atoms with E-state index in [0.29, 0.717) is 17.3 Å². The molecule has 0 radical (unpaired) electrons. The average molecular weight is 195 g/mol. The van der Waals surface area contributed by atoms with E-state index in [-0.39, 0.29) is 5.54 Å². The van der Waals surface area contributed by atoms with Crippen LogP contribution in [0.5, 0.6) is 0 Å². The maximum absolute atomic E-state index is 5.85. The van der Waals surface area contributed by atoms with Gasteiger partial charge in [-0.25, -0.2) is 9.97 Å². The molecule has 78 valence electrons. The summed E-state index contributed by atoms with van der Waals surface area (Å²) in [5.74, 6) is 1.31. The lowest BCUT2D eigenvalue weighted by molar-refractivity contribution is 0.630. The molecule has 1 rings (SSSR count). The van der Waals surface area contributed by atoms with Crippen molar-refractivity contribution < 1.29 is 0 Å². The van der Waals surface area contributed by atoms with Crippen molar-refractivity contribution in [1.29, 1.82) is 0 Å². The van der Waals surface area contributed by atoms with Gasteiger partial charge in [0.15, 0.2) is 11.6 Å². The van der Waals surface area contributed by atoms with Crippen LogP contribution < -0.4 is 16.4 Å². The van der Waals surface area contributed by atoms with Gasteiger partial charge in [0, 0.05) is 12.6 Å². The van der Waals surface area contributed by atoms with Gasteiger partial charge in [0.1, 0.15) is 12.0 Å². The first kappa shape index (κ1) is 10.6. The maximum atomic E-state index is 5.85. The van der Waals surface area contributed by atoms with E-state index in [1.165, 1.54) is 6.33 Å². The molecule has 0 aliphatic rings. The quantitative estimate of drug-likeness (QED) is 0.663. The Kier molecular flexibility index (Phi) is 2.78. The summed E-state index contributed by atoms with van der Waals surface area (Å²) < 4.78 is 0. The molecule has 0 aromatic carbocycles. The summed E-state index contributed by atoms with van der Waals surface area (Å²) in [5.41, 5.74) is 6.34. The lowest BCUT2D eigenvalue weighted by Crippen LogP contribution is -2.27. The zero-order valence-electron chi connectivity index (χ0n) is 9.05. The predicted molar refractivity (Wildman–Crippen MR) is 59.4 cm³/mol. The third-order valence-corrected chi connectivity index (χ3v) is 1.61. The summed E-state index contributed by atoms with van der Waals surface area (Å²) in [6.07, 6.45) is 1.48.